The van der Waals surface area contributed by atoms with E-state index in [1.54, 1.807) is 6.07 Å². The molecule has 0 aliphatic rings. The lowest BCUT2D eigenvalue weighted by Crippen LogP contribution is -1.86. The third kappa shape index (κ3) is 2.52. The largest absolute Gasteiger partial charge is 0.192 e. The number of halogens is 1. The van der Waals surface area contributed by atoms with Crippen LogP contribution in [0.25, 0.3) is 0 Å². The van der Waals surface area contributed by atoms with Gasteiger partial charge in [0.15, 0.2) is 0 Å². The summed E-state index contributed by atoms with van der Waals surface area (Å²) in [7, 11) is 0. The second-order valence-electron chi connectivity index (χ2n) is 2.83. The van der Waals surface area contributed by atoms with Crippen molar-refractivity contribution in [3.05, 3.63) is 34.9 Å². The van der Waals surface area contributed by atoms with Gasteiger partial charge in [-0.1, -0.05) is 17.9 Å². The summed E-state index contributed by atoms with van der Waals surface area (Å²) in [5.74, 6) is 6.50. The van der Waals surface area contributed by atoms with Gasteiger partial charge in [0.05, 0.1) is 11.6 Å². The summed E-state index contributed by atoms with van der Waals surface area (Å²) in [6, 6.07) is 7.68. The Balaban J connectivity index is 3.01. The van der Waals surface area contributed by atoms with Crippen LogP contribution >= 0.6 is 11.6 Å². The molecule has 0 radical (unpaired) electrons. The molecule has 2 heteroatoms. The lowest BCUT2D eigenvalue weighted by molar-refractivity contribution is 1.28. The molecule has 0 unspecified atom stereocenters. The van der Waals surface area contributed by atoms with Gasteiger partial charge < -0.3 is 0 Å². The van der Waals surface area contributed by atoms with E-state index in [0.717, 1.165) is 11.1 Å². The van der Waals surface area contributed by atoms with Crippen molar-refractivity contribution >= 4 is 11.6 Å². The van der Waals surface area contributed by atoms with Gasteiger partial charge in [-0.3, -0.25) is 0 Å². The summed E-state index contributed by atoms with van der Waals surface area (Å²) in [4.78, 5) is 0. The molecule has 1 aromatic carbocycles. The maximum Gasteiger partial charge on any atom is 0.0994 e. The maximum atomic E-state index is 8.80. The van der Waals surface area contributed by atoms with Crippen LogP contribution in [0.2, 0.25) is 0 Å². The van der Waals surface area contributed by atoms with Crippen molar-refractivity contribution in [1.82, 2.24) is 0 Å². The molecule has 0 N–H and O–H groups in total. The summed E-state index contributed by atoms with van der Waals surface area (Å²) >= 11 is 5.51. The first-order valence-corrected chi connectivity index (χ1v) is 4.87. The molecule has 70 valence electrons. The van der Waals surface area contributed by atoms with Crippen molar-refractivity contribution < 1.29 is 0 Å². The fourth-order valence-electron chi connectivity index (χ4n) is 1.10. The number of nitriles is 1. The standard InChI is InChI=1S/C12H10ClN/c1-10-11(5-2-3-8-13)6-4-7-12(10)9-14/h4,6-7H,3,8H2,1H3. The van der Waals surface area contributed by atoms with E-state index in [1.807, 2.05) is 19.1 Å². The Hall–Kier alpha value is -1.44. The first-order valence-electron chi connectivity index (χ1n) is 4.34. The van der Waals surface area contributed by atoms with Gasteiger partial charge >= 0.3 is 0 Å². The molecule has 0 amide bonds. The smallest absolute Gasteiger partial charge is 0.0994 e. The molecular formula is C12H10ClN. The van der Waals surface area contributed by atoms with Crippen LogP contribution in [-0.4, -0.2) is 5.88 Å². The van der Waals surface area contributed by atoms with Crippen molar-refractivity contribution in [3.63, 3.8) is 0 Å². The van der Waals surface area contributed by atoms with Gasteiger partial charge in [0, 0.05) is 17.9 Å². The Kier molecular flexibility index (Phi) is 4.05. The molecule has 0 heterocycles. The highest BCUT2D eigenvalue weighted by atomic mass is 35.5. The van der Waals surface area contributed by atoms with E-state index in [9.17, 15) is 0 Å². The van der Waals surface area contributed by atoms with E-state index in [4.69, 9.17) is 16.9 Å². The minimum absolute atomic E-state index is 0.546. The van der Waals surface area contributed by atoms with Gasteiger partial charge in [-0.15, -0.1) is 11.6 Å². The van der Waals surface area contributed by atoms with Crippen LogP contribution in [0.4, 0.5) is 0 Å². The minimum Gasteiger partial charge on any atom is -0.192 e. The Bertz CT molecular complexity index is 418. The molecule has 0 aliphatic carbocycles. The van der Waals surface area contributed by atoms with E-state index in [0.29, 0.717) is 17.9 Å². The average molecular weight is 204 g/mol. The molecule has 0 atom stereocenters. The maximum absolute atomic E-state index is 8.80. The predicted octanol–water partition coefficient (Wildman–Crippen LogP) is 2.85. The van der Waals surface area contributed by atoms with Gasteiger partial charge in [0.1, 0.15) is 0 Å². The Morgan fingerprint density at radius 2 is 2.07 bits per heavy atom. The number of nitrogens with zero attached hydrogens (tertiary/aromatic N) is 1. The van der Waals surface area contributed by atoms with Crippen molar-refractivity contribution in [1.29, 1.82) is 5.26 Å². The van der Waals surface area contributed by atoms with E-state index < -0.39 is 0 Å². The summed E-state index contributed by atoms with van der Waals surface area (Å²) < 4.78 is 0. The number of benzene rings is 1. The first kappa shape index (κ1) is 10.6. The molecule has 0 fully saturated rings. The second-order valence-corrected chi connectivity index (χ2v) is 3.21. The molecule has 0 aromatic heterocycles. The Labute approximate surface area is 89.3 Å². The predicted molar refractivity (Wildman–Crippen MR) is 58.1 cm³/mol. The molecule has 0 saturated carbocycles. The summed E-state index contributed by atoms with van der Waals surface area (Å²) in [6.45, 7) is 1.91. The molecular weight excluding hydrogens is 194 g/mol. The van der Waals surface area contributed by atoms with Gasteiger partial charge in [0.2, 0.25) is 0 Å². The van der Waals surface area contributed by atoms with E-state index >= 15 is 0 Å². The number of rotatable bonds is 1. The molecule has 14 heavy (non-hydrogen) atoms. The van der Waals surface area contributed by atoms with Gasteiger partial charge in [-0.2, -0.15) is 5.26 Å². The molecule has 1 aromatic rings. The normalized spacial score (nSPS) is 8.64. The third-order valence-corrected chi connectivity index (χ3v) is 2.09. The van der Waals surface area contributed by atoms with Gasteiger partial charge in [0.25, 0.3) is 0 Å². The minimum atomic E-state index is 0.546. The SMILES string of the molecule is Cc1c(C#N)cccc1C#CCCCl. The quantitative estimate of drug-likeness (QED) is 0.509. The molecule has 1 rings (SSSR count). The zero-order chi connectivity index (χ0) is 10.4. The Morgan fingerprint density at radius 1 is 1.36 bits per heavy atom. The molecule has 0 bridgehead atoms. The van der Waals surface area contributed by atoms with Crippen LogP contribution in [0.1, 0.15) is 23.1 Å². The molecule has 0 spiro atoms. The lowest BCUT2D eigenvalue weighted by Gasteiger charge is -1.98. The second kappa shape index (κ2) is 5.32. The highest BCUT2D eigenvalue weighted by Gasteiger charge is 1.99. The zero-order valence-corrected chi connectivity index (χ0v) is 8.73. The molecule has 0 saturated heterocycles. The van der Waals surface area contributed by atoms with E-state index in [-0.39, 0.29) is 0 Å². The molecule has 0 aliphatic heterocycles. The number of hydrogen-bond donors (Lipinski definition) is 0. The summed E-state index contributed by atoms with van der Waals surface area (Å²) in [5.41, 5.74) is 2.54. The fraction of sp³-hybridized carbons (Fsp3) is 0.250. The van der Waals surface area contributed by atoms with Crippen LogP contribution in [0, 0.1) is 30.1 Å². The van der Waals surface area contributed by atoms with Crippen molar-refractivity contribution in [2.24, 2.45) is 0 Å². The highest BCUT2D eigenvalue weighted by Crippen LogP contribution is 2.11. The van der Waals surface area contributed by atoms with Crippen molar-refractivity contribution in [2.45, 2.75) is 13.3 Å². The third-order valence-electron chi connectivity index (χ3n) is 1.90. The summed E-state index contributed by atoms with van der Waals surface area (Å²) in [6.07, 6.45) is 0.678. The number of alkyl halides is 1. The fourth-order valence-corrected chi connectivity index (χ4v) is 1.19. The lowest BCUT2D eigenvalue weighted by atomic mass is 10.0. The number of hydrogen-bond acceptors (Lipinski definition) is 1. The van der Waals surface area contributed by atoms with Crippen molar-refractivity contribution in [3.8, 4) is 17.9 Å². The van der Waals surface area contributed by atoms with Crippen LogP contribution in [-0.2, 0) is 0 Å². The van der Waals surface area contributed by atoms with E-state index in [1.165, 1.54) is 0 Å². The van der Waals surface area contributed by atoms with Crippen LogP contribution in [0.3, 0.4) is 0 Å². The van der Waals surface area contributed by atoms with Gasteiger partial charge in [-0.05, 0) is 24.6 Å². The first-order chi connectivity index (χ1) is 6.79. The monoisotopic (exact) mass is 203 g/mol. The zero-order valence-electron chi connectivity index (χ0n) is 7.97. The van der Waals surface area contributed by atoms with Crippen LogP contribution < -0.4 is 0 Å². The average Bonchev–Trinajstić information content (AvgIpc) is 2.21. The van der Waals surface area contributed by atoms with E-state index in [2.05, 4.69) is 17.9 Å². The van der Waals surface area contributed by atoms with Crippen LogP contribution in [0.15, 0.2) is 18.2 Å². The van der Waals surface area contributed by atoms with Gasteiger partial charge in [-0.25, -0.2) is 0 Å². The van der Waals surface area contributed by atoms with Crippen molar-refractivity contribution in [2.75, 3.05) is 5.88 Å². The van der Waals surface area contributed by atoms with Crippen LogP contribution in [0.5, 0.6) is 0 Å². The molecule has 1 nitrogen and oxygen atoms in total. The highest BCUT2D eigenvalue weighted by molar-refractivity contribution is 6.18. The summed E-state index contributed by atoms with van der Waals surface area (Å²) in [5, 5.41) is 8.80. The Morgan fingerprint density at radius 3 is 2.71 bits per heavy atom. The topological polar surface area (TPSA) is 23.8 Å².